The van der Waals surface area contributed by atoms with Gasteiger partial charge in [0.15, 0.2) is 0 Å². The number of ether oxygens (including phenoxy) is 1. The standard InChI is InChI=1S/C8H12N2O5S/c1-15-8(12)9-16(13,14)6-5-10-4-2-3-7(10)11/h5-6H,2-4H2,1H3,(H,9,12)/b6-5+. The van der Waals surface area contributed by atoms with Crippen LogP contribution < -0.4 is 4.72 Å². The molecule has 1 aliphatic rings. The topological polar surface area (TPSA) is 92.8 Å². The van der Waals surface area contributed by atoms with Gasteiger partial charge in [0.1, 0.15) is 0 Å². The molecule has 16 heavy (non-hydrogen) atoms. The second-order valence-corrected chi connectivity index (χ2v) is 4.68. The van der Waals surface area contributed by atoms with E-state index in [1.54, 1.807) is 4.72 Å². The van der Waals surface area contributed by atoms with E-state index in [1.165, 1.54) is 4.90 Å². The molecular formula is C8H12N2O5S. The fourth-order valence-corrected chi connectivity index (χ4v) is 1.86. The van der Waals surface area contributed by atoms with Crippen LogP contribution in [0.25, 0.3) is 0 Å². The maximum Gasteiger partial charge on any atom is 0.420 e. The van der Waals surface area contributed by atoms with Gasteiger partial charge in [-0.2, -0.15) is 0 Å². The van der Waals surface area contributed by atoms with E-state index < -0.39 is 16.1 Å². The number of sulfonamides is 1. The molecule has 0 aromatic heterocycles. The molecule has 0 aliphatic carbocycles. The number of hydrogen-bond acceptors (Lipinski definition) is 5. The molecule has 7 nitrogen and oxygen atoms in total. The molecule has 0 spiro atoms. The molecule has 2 amide bonds. The van der Waals surface area contributed by atoms with Crippen molar-refractivity contribution in [3.05, 3.63) is 11.6 Å². The van der Waals surface area contributed by atoms with E-state index >= 15 is 0 Å². The first-order valence-electron chi connectivity index (χ1n) is 4.53. The van der Waals surface area contributed by atoms with Crippen molar-refractivity contribution in [3.8, 4) is 0 Å². The van der Waals surface area contributed by atoms with E-state index in [1.807, 2.05) is 0 Å². The van der Waals surface area contributed by atoms with Crippen molar-refractivity contribution in [1.82, 2.24) is 9.62 Å². The zero-order chi connectivity index (χ0) is 12.2. The number of amides is 2. The molecule has 1 rings (SSSR count). The van der Waals surface area contributed by atoms with Crippen LogP contribution in [0.1, 0.15) is 12.8 Å². The molecular weight excluding hydrogens is 236 g/mol. The molecule has 0 bridgehead atoms. The SMILES string of the molecule is COC(=O)NS(=O)(=O)/C=C/N1CCCC1=O. The highest BCUT2D eigenvalue weighted by Gasteiger charge is 2.19. The summed E-state index contributed by atoms with van der Waals surface area (Å²) >= 11 is 0. The van der Waals surface area contributed by atoms with Gasteiger partial charge in [-0.3, -0.25) is 4.79 Å². The van der Waals surface area contributed by atoms with Crippen molar-refractivity contribution in [2.75, 3.05) is 13.7 Å². The predicted octanol–water partition coefficient (Wildman–Crippen LogP) is -0.234. The number of carbonyl (C=O) groups is 2. The van der Waals surface area contributed by atoms with Crippen LogP contribution in [0.2, 0.25) is 0 Å². The summed E-state index contributed by atoms with van der Waals surface area (Å²) in [7, 11) is -2.85. The molecule has 1 fully saturated rings. The minimum Gasteiger partial charge on any atom is -0.452 e. The molecule has 0 aromatic carbocycles. The lowest BCUT2D eigenvalue weighted by molar-refractivity contribution is -0.125. The highest BCUT2D eigenvalue weighted by Crippen LogP contribution is 2.09. The Balaban J connectivity index is 2.61. The largest absolute Gasteiger partial charge is 0.452 e. The van der Waals surface area contributed by atoms with Gasteiger partial charge in [-0.05, 0) is 6.42 Å². The van der Waals surface area contributed by atoms with Gasteiger partial charge in [0.05, 0.1) is 12.5 Å². The Morgan fingerprint density at radius 2 is 2.25 bits per heavy atom. The van der Waals surface area contributed by atoms with Crippen LogP contribution in [0, 0.1) is 0 Å². The third-order valence-corrected chi connectivity index (χ3v) is 2.87. The lowest BCUT2D eigenvalue weighted by Crippen LogP contribution is -2.29. The van der Waals surface area contributed by atoms with Crippen molar-refractivity contribution >= 4 is 22.0 Å². The van der Waals surface area contributed by atoms with Crippen LogP contribution in [0.4, 0.5) is 4.79 Å². The molecule has 0 radical (unpaired) electrons. The van der Waals surface area contributed by atoms with E-state index in [-0.39, 0.29) is 5.91 Å². The van der Waals surface area contributed by atoms with Crippen molar-refractivity contribution in [2.24, 2.45) is 0 Å². The van der Waals surface area contributed by atoms with Gasteiger partial charge in [0.25, 0.3) is 10.0 Å². The Morgan fingerprint density at radius 1 is 1.56 bits per heavy atom. The monoisotopic (exact) mass is 248 g/mol. The number of nitrogens with zero attached hydrogens (tertiary/aromatic N) is 1. The number of carbonyl (C=O) groups excluding carboxylic acids is 2. The van der Waals surface area contributed by atoms with Crippen LogP contribution >= 0.6 is 0 Å². The second kappa shape index (κ2) is 4.97. The quantitative estimate of drug-likeness (QED) is 0.744. The van der Waals surface area contributed by atoms with Gasteiger partial charge in [-0.1, -0.05) is 0 Å². The van der Waals surface area contributed by atoms with Gasteiger partial charge in [-0.15, -0.1) is 0 Å². The summed E-state index contributed by atoms with van der Waals surface area (Å²) < 4.78 is 28.2. The lowest BCUT2D eigenvalue weighted by Gasteiger charge is -2.08. The van der Waals surface area contributed by atoms with Crippen molar-refractivity contribution in [3.63, 3.8) is 0 Å². The number of likely N-dealkylation sites (tertiary alicyclic amines) is 1. The van der Waals surface area contributed by atoms with Crippen LogP contribution in [0.5, 0.6) is 0 Å². The number of rotatable bonds is 3. The second-order valence-electron chi connectivity index (χ2n) is 3.11. The predicted molar refractivity (Wildman–Crippen MR) is 54.5 cm³/mol. The first kappa shape index (κ1) is 12.5. The zero-order valence-corrected chi connectivity index (χ0v) is 9.49. The Morgan fingerprint density at radius 3 is 2.75 bits per heavy atom. The average Bonchev–Trinajstić information content (AvgIpc) is 2.60. The third-order valence-electron chi connectivity index (χ3n) is 1.94. The van der Waals surface area contributed by atoms with Crippen LogP contribution in [-0.4, -0.2) is 39.0 Å². The molecule has 8 heteroatoms. The first-order chi connectivity index (χ1) is 7.44. The molecule has 1 saturated heterocycles. The molecule has 0 unspecified atom stereocenters. The summed E-state index contributed by atoms with van der Waals surface area (Å²) in [6, 6.07) is 0. The smallest absolute Gasteiger partial charge is 0.420 e. The van der Waals surface area contributed by atoms with E-state index in [9.17, 15) is 18.0 Å². The fraction of sp³-hybridized carbons (Fsp3) is 0.500. The van der Waals surface area contributed by atoms with E-state index in [4.69, 9.17) is 0 Å². The minimum atomic E-state index is -3.90. The molecule has 90 valence electrons. The van der Waals surface area contributed by atoms with Crippen molar-refractivity contribution in [2.45, 2.75) is 12.8 Å². The summed E-state index contributed by atoms with van der Waals surface area (Å²) in [5.41, 5.74) is 0. The average molecular weight is 248 g/mol. The molecule has 0 saturated carbocycles. The van der Waals surface area contributed by atoms with Crippen LogP contribution in [0.3, 0.4) is 0 Å². The van der Waals surface area contributed by atoms with Gasteiger partial charge >= 0.3 is 6.09 Å². The summed E-state index contributed by atoms with van der Waals surface area (Å²) in [5, 5.41) is 0.757. The minimum absolute atomic E-state index is 0.135. The maximum absolute atomic E-state index is 11.2. The molecule has 0 atom stereocenters. The number of hydrogen-bond donors (Lipinski definition) is 1. The zero-order valence-electron chi connectivity index (χ0n) is 8.67. The lowest BCUT2D eigenvalue weighted by atomic mass is 10.4. The molecule has 0 aromatic rings. The summed E-state index contributed by atoms with van der Waals surface area (Å²) in [6.45, 7) is 0.489. The van der Waals surface area contributed by atoms with E-state index in [0.29, 0.717) is 19.4 Å². The molecule has 1 N–H and O–H groups in total. The number of methoxy groups -OCH3 is 1. The van der Waals surface area contributed by atoms with Crippen LogP contribution in [-0.2, 0) is 19.6 Å². The van der Waals surface area contributed by atoms with Crippen molar-refractivity contribution < 1.29 is 22.7 Å². The normalized spacial score (nSPS) is 16.8. The van der Waals surface area contributed by atoms with Gasteiger partial charge in [0.2, 0.25) is 5.91 Å². The number of nitrogens with one attached hydrogen (secondary N) is 1. The van der Waals surface area contributed by atoms with Gasteiger partial charge in [-0.25, -0.2) is 17.9 Å². The summed E-state index contributed by atoms with van der Waals surface area (Å²) in [6.07, 6.45) is 1.18. The fourth-order valence-electron chi connectivity index (χ4n) is 1.17. The Hall–Kier alpha value is -1.57. The Bertz CT molecular complexity index is 414. The Kier molecular flexibility index (Phi) is 3.88. The van der Waals surface area contributed by atoms with Gasteiger partial charge < -0.3 is 9.64 Å². The maximum atomic E-state index is 11.2. The summed E-state index contributed by atoms with van der Waals surface area (Å²) in [4.78, 5) is 23.1. The molecule has 1 heterocycles. The highest BCUT2D eigenvalue weighted by atomic mass is 32.2. The molecule has 1 aliphatic heterocycles. The Labute approximate surface area is 93.1 Å². The van der Waals surface area contributed by atoms with Gasteiger partial charge in [0, 0.05) is 19.2 Å². The first-order valence-corrected chi connectivity index (χ1v) is 6.08. The third kappa shape index (κ3) is 3.54. The van der Waals surface area contributed by atoms with E-state index in [2.05, 4.69) is 4.74 Å². The highest BCUT2D eigenvalue weighted by molar-refractivity contribution is 7.92. The summed E-state index contributed by atoms with van der Waals surface area (Å²) in [5.74, 6) is -0.135. The van der Waals surface area contributed by atoms with Crippen molar-refractivity contribution in [1.29, 1.82) is 0 Å². The van der Waals surface area contributed by atoms with Crippen LogP contribution in [0.15, 0.2) is 11.6 Å². The van der Waals surface area contributed by atoms with E-state index in [0.717, 1.165) is 18.7 Å².